The van der Waals surface area contributed by atoms with Crippen LogP contribution in [0.1, 0.15) is 23.7 Å². The third-order valence-electron chi connectivity index (χ3n) is 3.27. The first kappa shape index (κ1) is 11.4. The van der Waals surface area contributed by atoms with Crippen molar-refractivity contribution in [3.05, 3.63) is 58.6 Å². The zero-order valence-electron chi connectivity index (χ0n) is 9.90. The summed E-state index contributed by atoms with van der Waals surface area (Å²) in [5.74, 6) is 0.940. The summed E-state index contributed by atoms with van der Waals surface area (Å²) in [6.45, 7) is 0. The van der Waals surface area contributed by atoms with Crippen molar-refractivity contribution in [1.82, 2.24) is 0 Å². The minimum absolute atomic E-state index is 0.110. The molecule has 0 radical (unpaired) electrons. The quantitative estimate of drug-likeness (QED) is 0.786. The molecule has 0 amide bonds. The number of ether oxygens (including phenoxy) is 1. The van der Waals surface area contributed by atoms with Gasteiger partial charge >= 0.3 is 0 Å². The Balaban J connectivity index is 1.86. The first-order chi connectivity index (χ1) is 8.72. The summed E-state index contributed by atoms with van der Waals surface area (Å²) in [4.78, 5) is 0. The highest BCUT2D eigenvalue weighted by molar-refractivity contribution is 6.30. The van der Waals surface area contributed by atoms with Gasteiger partial charge in [-0.1, -0.05) is 23.7 Å². The topological polar surface area (TPSA) is 35.2 Å². The molecule has 92 valence electrons. The van der Waals surface area contributed by atoms with Gasteiger partial charge in [-0.05, 0) is 54.3 Å². The second-order valence-electron chi connectivity index (χ2n) is 4.56. The van der Waals surface area contributed by atoms with Crippen molar-refractivity contribution in [2.75, 3.05) is 5.73 Å². The lowest BCUT2D eigenvalue weighted by Gasteiger charge is -2.26. The van der Waals surface area contributed by atoms with Crippen molar-refractivity contribution in [1.29, 1.82) is 0 Å². The molecule has 1 aliphatic rings. The van der Waals surface area contributed by atoms with E-state index in [1.807, 2.05) is 42.5 Å². The Morgan fingerprint density at radius 2 is 1.89 bits per heavy atom. The first-order valence-electron chi connectivity index (χ1n) is 6.03. The van der Waals surface area contributed by atoms with Crippen LogP contribution >= 0.6 is 11.6 Å². The van der Waals surface area contributed by atoms with Gasteiger partial charge in [-0.25, -0.2) is 0 Å². The molecule has 0 bridgehead atoms. The molecule has 1 heterocycles. The molecule has 2 N–H and O–H groups in total. The Kier molecular flexibility index (Phi) is 2.88. The lowest BCUT2D eigenvalue weighted by Crippen LogP contribution is -2.15. The summed E-state index contributed by atoms with van der Waals surface area (Å²) in [7, 11) is 0. The van der Waals surface area contributed by atoms with E-state index in [4.69, 9.17) is 22.1 Å². The van der Waals surface area contributed by atoms with Gasteiger partial charge in [0.1, 0.15) is 11.9 Å². The molecule has 2 aromatic rings. The molecule has 0 aliphatic carbocycles. The first-order valence-corrected chi connectivity index (χ1v) is 6.41. The molecule has 1 unspecified atom stereocenters. The van der Waals surface area contributed by atoms with Crippen LogP contribution in [0.2, 0.25) is 5.02 Å². The van der Waals surface area contributed by atoms with Gasteiger partial charge in [0.2, 0.25) is 0 Å². The van der Waals surface area contributed by atoms with Crippen molar-refractivity contribution in [3.63, 3.8) is 0 Å². The van der Waals surface area contributed by atoms with E-state index in [0.29, 0.717) is 0 Å². The third-order valence-corrected chi connectivity index (χ3v) is 3.52. The standard InChI is InChI=1S/C15H14ClNO/c16-12-4-1-10(2-5-12)14-7-3-11-9-13(17)6-8-15(11)18-14/h1-2,4-6,8-9,14H,3,7,17H2. The van der Waals surface area contributed by atoms with E-state index in [0.717, 1.165) is 29.3 Å². The smallest absolute Gasteiger partial charge is 0.124 e. The average Bonchev–Trinajstić information content (AvgIpc) is 2.39. The summed E-state index contributed by atoms with van der Waals surface area (Å²) in [6, 6.07) is 13.7. The molecule has 1 aliphatic heterocycles. The summed E-state index contributed by atoms with van der Waals surface area (Å²) in [5.41, 5.74) is 8.93. The number of rotatable bonds is 1. The second-order valence-corrected chi connectivity index (χ2v) is 5.00. The van der Waals surface area contributed by atoms with E-state index in [9.17, 15) is 0 Å². The van der Waals surface area contributed by atoms with Gasteiger partial charge in [0.25, 0.3) is 0 Å². The van der Waals surface area contributed by atoms with Gasteiger partial charge in [0.15, 0.2) is 0 Å². The molecule has 1 atom stereocenters. The second kappa shape index (κ2) is 4.54. The Morgan fingerprint density at radius 1 is 1.11 bits per heavy atom. The molecule has 2 nitrogen and oxygen atoms in total. The van der Waals surface area contributed by atoms with E-state index in [2.05, 4.69) is 0 Å². The molecular formula is C15H14ClNO. The fourth-order valence-corrected chi connectivity index (χ4v) is 2.45. The fourth-order valence-electron chi connectivity index (χ4n) is 2.32. The Labute approximate surface area is 111 Å². The van der Waals surface area contributed by atoms with Crippen molar-refractivity contribution < 1.29 is 4.74 Å². The number of halogens is 1. The van der Waals surface area contributed by atoms with Crippen molar-refractivity contribution >= 4 is 17.3 Å². The Hall–Kier alpha value is -1.67. The molecule has 0 saturated carbocycles. The number of hydrogen-bond donors (Lipinski definition) is 1. The molecule has 0 spiro atoms. The van der Waals surface area contributed by atoms with Gasteiger partial charge < -0.3 is 10.5 Å². The molecule has 18 heavy (non-hydrogen) atoms. The molecule has 3 heteroatoms. The van der Waals surface area contributed by atoms with Crippen molar-refractivity contribution in [2.45, 2.75) is 18.9 Å². The molecule has 0 aromatic heterocycles. The number of anilines is 1. The van der Waals surface area contributed by atoms with Crippen LogP contribution in [0.4, 0.5) is 5.69 Å². The predicted octanol–water partition coefficient (Wildman–Crippen LogP) is 3.99. The van der Waals surface area contributed by atoms with Crippen LogP contribution < -0.4 is 10.5 Å². The molecule has 3 rings (SSSR count). The van der Waals surface area contributed by atoms with E-state index in [1.165, 1.54) is 11.1 Å². The van der Waals surface area contributed by atoms with E-state index in [-0.39, 0.29) is 6.10 Å². The zero-order chi connectivity index (χ0) is 12.5. The number of nitrogens with two attached hydrogens (primary N) is 1. The van der Waals surface area contributed by atoms with E-state index < -0.39 is 0 Å². The van der Waals surface area contributed by atoms with Gasteiger partial charge in [0.05, 0.1) is 0 Å². The minimum Gasteiger partial charge on any atom is -0.485 e. The molecule has 0 saturated heterocycles. The fraction of sp³-hybridized carbons (Fsp3) is 0.200. The normalized spacial score (nSPS) is 17.9. The highest BCUT2D eigenvalue weighted by Gasteiger charge is 2.21. The van der Waals surface area contributed by atoms with Gasteiger partial charge in [0, 0.05) is 10.7 Å². The lowest BCUT2D eigenvalue weighted by atomic mass is 9.97. The number of nitrogen functional groups attached to an aromatic ring is 1. The summed E-state index contributed by atoms with van der Waals surface area (Å²) in [5, 5.41) is 0.753. The molecule has 2 aromatic carbocycles. The summed E-state index contributed by atoms with van der Waals surface area (Å²) >= 11 is 5.89. The van der Waals surface area contributed by atoms with Crippen LogP contribution in [0.3, 0.4) is 0 Å². The van der Waals surface area contributed by atoms with Crippen LogP contribution in [0.15, 0.2) is 42.5 Å². The largest absolute Gasteiger partial charge is 0.485 e. The predicted molar refractivity (Wildman–Crippen MR) is 74.0 cm³/mol. The van der Waals surface area contributed by atoms with Gasteiger partial charge in [-0.2, -0.15) is 0 Å². The van der Waals surface area contributed by atoms with E-state index >= 15 is 0 Å². The summed E-state index contributed by atoms with van der Waals surface area (Å²) in [6.07, 6.45) is 2.07. The third kappa shape index (κ3) is 2.16. The molecule has 0 fully saturated rings. The van der Waals surface area contributed by atoms with Crippen LogP contribution in [-0.4, -0.2) is 0 Å². The monoisotopic (exact) mass is 259 g/mol. The van der Waals surface area contributed by atoms with Crippen LogP contribution in [0.5, 0.6) is 5.75 Å². The minimum atomic E-state index is 0.110. The SMILES string of the molecule is Nc1ccc2c(c1)CCC(c1ccc(Cl)cc1)O2. The number of fused-ring (bicyclic) bond motifs is 1. The van der Waals surface area contributed by atoms with Crippen molar-refractivity contribution in [2.24, 2.45) is 0 Å². The van der Waals surface area contributed by atoms with Crippen LogP contribution in [0.25, 0.3) is 0 Å². The van der Waals surface area contributed by atoms with Gasteiger partial charge in [-0.15, -0.1) is 0 Å². The maximum atomic E-state index is 6.01. The maximum Gasteiger partial charge on any atom is 0.124 e. The van der Waals surface area contributed by atoms with Gasteiger partial charge in [-0.3, -0.25) is 0 Å². The number of benzene rings is 2. The van der Waals surface area contributed by atoms with Crippen LogP contribution in [-0.2, 0) is 6.42 Å². The number of hydrogen-bond acceptors (Lipinski definition) is 2. The zero-order valence-corrected chi connectivity index (χ0v) is 10.7. The van der Waals surface area contributed by atoms with Crippen LogP contribution in [0, 0.1) is 0 Å². The average molecular weight is 260 g/mol. The molecular weight excluding hydrogens is 246 g/mol. The van der Waals surface area contributed by atoms with E-state index in [1.54, 1.807) is 0 Å². The van der Waals surface area contributed by atoms with Crippen molar-refractivity contribution in [3.8, 4) is 5.75 Å². The number of aryl methyl sites for hydroxylation is 1. The maximum absolute atomic E-state index is 6.01. The Morgan fingerprint density at radius 3 is 2.67 bits per heavy atom. The lowest BCUT2D eigenvalue weighted by molar-refractivity contribution is 0.176. The Bertz CT molecular complexity index is 565. The highest BCUT2D eigenvalue weighted by atomic mass is 35.5. The highest BCUT2D eigenvalue weighted by Crippen LogP contribution is 2.35. The summed E-state index contributed by atoms with van der Waals surface area (Å²) < 4.78 is 6.01.